The molecule has 2 aliphatic heterocycles. The van der Waals surface area contributed by atoms with Crippen molar-refractivity contribution in [1.82, 2.24) is 15.7 Å². The van der Waals surface area contributed by atoms with E-state index in [0.29, 0.717) is 10.8 Å². The summed E-state index contributed by atoms with van der Waals surface area (Å²) in [5.41, 5.74) is 2.97. The summed E-state index contributed by atoms with van der Waals surface area (Å²) in [6, 6.07) is 2.91. The summed E-state index contributed by atoms with van der Waals surface area (Å²) >= 11 is 5.82. The number of anilines is 1. The van der Waals surface area contributed by atoms with Crippen molar-refractivity contribution in [1.29, 1.82) is 0 Å². The molecule has 9 nitrogen and oxygen atoms in total. The van der Waals surface area contributed by atoms with E-state index in [4.69, 9.17) is 16.4 Å². The lowest BCUT2D eigenvalue weighted by molar-refractivity contribution is -0.193. The highest BCUT2D eigenvalue weighted by atomic mass is 35.5. The van der Waals surface area contributed by atoms with Crippen LogP contribution in [-0.4, -0.2) is 41.4 Å². The lowest BCUT2D eigenvalue weighted by Gasteiger charge is -2.24. The van der Waals surface area contributed by atoms with E-state index < -0.39 is 23.6 Å². The van der Waals surface area contributed by atoms with Crippen LogP contribution in [0, 0.1) is 5.82 Å². The summed E-state index contributed by atoms with van der Waals surface area (Å²) in [5, 5.41) is 7.05. The number of rotatable bonds is 4. The molecule has 0 saturated carbocycles. The highest BCUT2D eigenvalue weighted by Crippen LogP contribution is 2.30. The molecule has 1 fully saturated rings. The number of hydrogen-bond acceptors (Lipinski definition) is 8. The van der Waals surface area contributed by atoms with Gasteiger partial charge in [-0.2, -0.15) is 5.10 Å². The van der Waals surface area contributed by atoms with Crippen LogP contribution >= 0.6 is 11.6 Å². The summed E-state index contributed by atoms with van der Waals surface area (Å²) < 4.78 is 14.5. The second-order valence-corrected chi connectivity index (χ2v) is 5.74. The largest absolute Gasteiger partial charge is 0.356 e. The van der Waals surface area contributed by atoms with Gasteiger partial charge in [-0.1, -0.05) is 11.6 Å². The van der Waals surface area contributed by atoms with Gasteiger partial charge in [0.25, 0.3) is 11.8 Å². The zero-order valence-corrected chi connectivity index (χ0v) is 14.2. The van der Waals surface area contributed by atoms with Crippen LogP contribution in [0.2, 0.25) is 5.02 Å². The van der Waals surface area contributed by atoms with Gasteiger partial charge in [-0.15, -0.1) is 10.2 Å². The molecule has 3 rings (SSSR count). The number of hydrazone groups is 1. The molecule has 1 N–H and O–H groups in total. The summed E-state index contributed by atoms with van der Waals surface area (Å²) in [4.78, 5) is 39.5. The number of carbonyl (C=O) groups is 3. The monoisotopic (exact) mass is 381 g/mol. The van der Waals surface area contributed by atoms with Gasteiger partial charge < -0.3 is 4.84 Å². The number of hydroxylamine groups is 2. The molecule has 1 aromatic rings. The van der Waals surface area contributed by atoms with E-state index >= 15 is 0 Å². The fourth-order valence-corrected chi connectivity index (χ4v) is 2.52. The summed E-state index contributed by atoms with van der Waals surface area (Å²) in [6.45, 7) is 0. The van der Waals surface area contributed by atoms with Crippen molar-refractivity contribution in [3.05, 3.63) is 34.6 Å². The predicted octanol–water partition coefficient (Wildman–Crippen LogP) is 1.21. The fourth-order valence-electron chi connectivity index (χ4n) is 2.36. The van der Waals surface area contributed by atoms with Crippen molar-refractivity contribution in [2.75, 3.05) is 12.1 Å². The first-order valence-corrected chi connectivity index (χ1v) is 7.82. The van der Waals surface area contributed by atoms with Crippen molar-refractivity contribution < 1.29 is 23.6 Å². The summed E-state index contributed by atoms with van der Waals surface area (Å²) in [6.07, 6.45) is 3.41. The molecule has 0 spiro atoms. The molecular weight excluding hydrogens is 369 g/mol. The van der Waals surface area contributed by atoms with Crippen LogP contribution in [0.3, 0.4) is 0 Å². The number of nitrogens with zero attached hydrogens (tertiary/aromatic N) is 4. The van der Waals surface area contributed by atoms with Gasteiger partial charge in [-0.05, 0) is 18.2 Å². The Labute approximate surface area is 152 Å². The topological polar surface area (TPSA) is 94.6 Å². The minimum Gasteiger partial charge on any atom is -0.326 e. The number of amides is 2. The van der Waals surface area contributed by atoms with Gasteiger partial charge in [0.05, 0.1) is 10.7 Å². The Kier molecular flexibility index (Phi) is 4.87. The third-order valence-corrected chi connectivity index (χ3v) is 3.91. The van der Waals surface area contributed by atoms with Crippen molar-refractivity contribution in [2.45, 2.75) is 12.8 Å². The molecule has 0 unspecified atom stereocenters. The first kappa shape index (κ1) is 17.8. The number of nitrogens with one attached hydrogen (secondary N) is 1. The van der Waals surface area contributed by atoms with Crippen LogP contribution < -0.4 is 10.5 Å². The Bertz CT molecular complexity index is 828. The Balaban J connectivity index is 1.84. The third-order valence-electron chi connectivity index (χ3n) is 3.62. The molecule has 0 aromatic heterocycles. The first-order chi connectivity index (χ1) is 12.4. The highest BCUT2D eigenvalue weighted by molar-refractivity contribution is 6.31. The number of imide groups is 1. The Hall–Kier alpha value is -2.98. The van der Waals surface area contributed by atoms with Crippen LogP contribution in [0.1, 0.15) is 18.4 Å². The minimum absolute atomic E-state index is 0.00414. The van der Waals surface area contributed by atoms with Crippen molar-refractivity contribution in [3.63, 3.8) is 0 Å². The number of hydrogen-bond donors (Lipinski definition) is 1. The smallest absolute Gasteiger partial charge is 0.326 e. The molecule has 0 radical (unpaired) electrons. The molecule has 11 heteroatoms. The molecule has 2 amide bonds. The van der Waals surface area contributed by atoms with Crippen LogP contribution in [0.25, 0.3) is 6.08 Å². The maximum atomic E-state index is 14.5. The van der Waals surface area contributed by atoms with Crippen LogP contribution in [-0.2, 0) is 19.2 Å². The zero-order chi connectivity index (χ0) is 18.8. The standard InChI is InChI=1S/C15H13ClFN5O4/c1-20-19-18-8-21(20)11-4-3-10(16)15(17)9(11)2-7-14(25)26-22-12(23)5-6-13(22)24/h2-4,7-8,19H,5-6H2,1H3/b7-2+. The van der Waals surface area contributed by atoms with Gasteiger partial charge >= 0.3 is 5.97 Å². The predicted molar refractivity (Wildman–Crippen MR) is 89.5 cm³/mol. The second-order valence-electron chi connectivity index (χ2n) is 5.33. The average molecular weight is 382 g/mol. The lowest BCUT2D eigenvalue weighted by atomic mass is 10.1. The van der Waals surface area contributed by atoms with Gasteiger partial charge in [0.2, 0.25) is 0 Å². The average Bonchev–Trinajstić information content (AvgIpc) is 3.16. The number of hydrazine groups is 2. The lowest BCUT2D eigenvalue weighted by Crippen LogP contribution is -2.39. The van der Waals surface area contributed by atoms with E-state index in [9.17, 15) is 18.8 Å². The highest BCUT2D eigenvalue weighted by Gasteiger charge is 2.32. The normalized spacial score (nSPS) is 17.5. The molecule has 136 valence electrons. The number of carbonyl (C=O) groups excluding carboxylic acids is 3. The second kappa shape index (κ2) is 7.10. The Morgan fingerprint density at radius 2 is 2.04 bits per heavy atom. The molecule has 26 heavy (non-hydrogen) atoms. The SMILES string of the molecule is CN1NN=CN1c1ccc(Cl)c(F)c1/C=C/C(=O)ON1C(=O)CCC1=O. The molecular formula is C15H13ClFN5O4. The van der Waals surface area contributed by atoms with Gasteiger partial charge in [-0.25, -0.2) is 19.7 Å². The molecule has 1 saturated heterocycles. The summed E-state index contributed by atoms with van der Waals surface area (Å²) in [7, 11) is 1.64. The molecule has 0 aliphatic carbocycles. The van der Waals surface area contributed by atoms with Crippen LogP contribution in [0.4, 0.5) is 10.1 Å². The van der Waals surface area contributed by atoms with Gasteiger partial charge in [-0.3, -0.25) is 9.59 Å². The molecule has 2 aliphatic rings. The van der Waals surface area contributed by atoms with Gasteiger partial charge in [0.1, 0.15) is 6.34 Å². The van der Waals surface area contributed by atoms with Crippen molar-refractivity contribution in [3.8, 4) is 0 Å². The van der Waals surface area contributed by atoms with Crippen molar-refractivity contribution in [2.24, 2.45) is 5.10 Å². The molecule has 0 bridgehead atoms. The van der Waals surface area contributed by atoms with Crippen molar-refractivity contribution >= 4 is 47.5 Å². The number of benzene rings is 1. The minimum atomic E-state index is -1.000. The van der Waals surface area contributed by atoms with E-state index in [1.807, 2.05) is 0 Å². The molecule has 0 atom stereocenters. The van der Waals surface area contributed by atoms with Crippen LogP contribution in [0.5, 0.6) is 0 Å². The molecule has 2 heterocycles. The first-order valence-electron chi connectivity index (χ1n) is 7.44. The number of halogens is 2. The Morgan fingerprint density at radius 3 is 2.65 bits per heavy atom. The fraction of sp³-hybridized carbons (Fsp3) is 0.200. The Morgan fingerprint density at radius 1 is 1.35 bits per heavy atom. The zero-order valence-electron chi connectivity index (χ0n) is 13.5. The molecule has 1 aromatic carbocycles. The van der Waals surface area contributed by atoms with E-state index in [1.165, 1.54) is 22.5 Å². The maximum absolute atomic E-state index is 14.5. The van der Waals surface area contributed by atoms with E-state index in [-0.39, 0.29) is 23.4 Å². The quantitative estimate of drug-likeness (QED) is 0.618. The van der Waals surface area contributed by atoms with E-state index in [0.717, 1.165) is 12.2 Å². The van der Waals surface area contributed by atoms with Crippen LogP contribution in [0.15, 0.2) is 23.3 Å². The van der Waals surface area contributed by atoms with E-state index in [1.54, 1.807) is 13.1 Å². The summed E-state index contributed by atoms with van der Waals surface area (Å²) in [5.74, 6) is -2.96. The van der Waals surface area contributed by atoms with Gasteiger partial charge in [0.15, 0.2) is 5.82 Å². The van der Waals surface area contributed by atoms with E-state index in [2.05, 4.69) is 10.6 Å². The maximum Gasteiger partial charge on any atom is 0.356 e. The van der Waals surface area contributed by atoms with Gasteiger partial charge in [0, 0.05) is 31.5 Å². The third kappa shape index (κ3) is 3.37.